The lowest BCUT2D eigenvalue weighted by Crippen LogP contribution is -2.40. The van der Waals surface area contributed by atoms with Crippen molar-refractivity contribution < 1.29 is 14.4 Å². The van der Waals surface area contributed by atoms with Crippen LogP contribution in [0.3, 0.4) is 0 Å². The number of carbonyl (C=O) groups is 1. The number of nitrogens with zero attached hydrogens (tertiary/aromatic N) is 7. The zero-order chi connectivity index (χ0) is 22.7. The first-order valence-electron chi connectivity index (χ1n) is 10.5. The average Bonchev–Trinajstić information content (AvgIpc) is 3.20. The monoisotopic (exact) mass is 444 g/mol. The third-order valence-electron chi connectivity index (χ3n) is 6.21. The second-order valence-corrected chi connectivity index (χ2v) is 8.34. The molecule has 2 fully saturated rings. The second kappa shape index (κ2) is 6.94. The maximum absolute atomic E-state index is 12.6. The van der Waals surface area contributed by atoms with Crippen molar-refractivity contribution in [1.29, 1.82) is 0 Å². The Morgan fingerprint density at radius 1 is 1.12 bits per heavy atom. The van der Waals surface area contributed by atoms with Gasteiger partial charge in [-0.2, -0.15) is 5.10 Å². The van der Waals surface area contributed by atoms with E-state index in [2.05, 4.69) is 30.5 Å². The van der Waals surface area contributed by atoms with Crippen molar-refractivity contribution >= 4 is 17.7 Å². The summed E-state index contributed by atoms with van der Waals surface area (Å²) in [6, 6.07) is 10.7. The summed E-state index contributed by atoms with van der Waals surface area (Å²) in [5, 5.41) is 22.5. The summed E-state index contributed by atoms with van der Waals surface area (Å²) in [5.41, 5.74) is 0.527. The van der Waals surface area contributed by atoms with E-state index in [-0.39, 0.29) is 23.6 Å². The smallest absolute Gasteiger partial charge is 0.262 e. The molecule has 1 amide bonds. The minimum atomic E-state index is -1.67. The van der Waals surface area contributed by atoms with Crippen molar-refractivity contribution in [3.05, 3.63) is 54.6 Å². The van der Waals surface area contributed by atoms with Gasteiger partial charge in [0.1, 0.15) is 5.69 Å². The zero-order valence-electron chi connectivity index (χ0n) is 17.9. The third kappa shape index (κ3) is 3.08. The normalized spacial score (nSPS) is 23.6. The summed E-state index contributed by atoms with van der Waals surface area (Å²) in [6.45, 7) is 0. The van der Waals surface area contributed by atoms with Gasteiger partial charge in [0.05, 0.1) is 17.1 Å². The van der Waals surface area contributed by atoms with Gasteiger partial charge in [-0.1, -0.05) is 11.2 Å². The Balaban J connectivity index is 1.29. The summed E-state index contributed by atoms with van der Waals surface area (Å²) in [7, 11) is 3.53. The van der Waals surface area contributed by atoms with Gasteiger partial charge in [0.25, 0.3) is 5.91 Å². The van der Waals surface area contributed by atoms with Gasteiger partial charge in [-0.05, 0) is 24.6 Å². The molecule has 1 aliphatic heterocycles. The van der Waals surface area contributed by atoms with E-state index in [0.29, 0.717) is 34.5 Å². The van der Waals surface area contributed by atoms with E-state index in [9.17, 15) is 9.90 Å². The minimum absolute atomic E-state index is 0.0594. The Morgan fingerprint density at radius 3 is 2.64 bits per heavy atom. The van der Waals surface area contributed by atoms with E-state index in [0.717, 1.165) is 6.42 Å². The number of hydrogen-bond donors (Lipinski definition) is 2. The minimum Gasteiger partial charge on any atom is -0.373 e. The van der Waals surface area contributed by atoms with E-state index >= 15 is 0 Å². The number of carbonyl (C=O) groups excluding carboxylic acids is 1. The highest BCUT2D eigenvalue weighted by Crippen LogP contribution is 2.55. The van der Waals surface area contributed by atoms with Crippen LogP contribution in [-0.2, 0) is 17.4 Å². The third-order valence-corrected chi connectivity index (χ3v) is 6.21. The molecule has 11 heteroatoms. The van der Waals surface area contributed by atoms with Crippen molar-refractivity contribution in [3.8, 4) is 22.8 Å². The molecular formula is C22H20N8O3. The Bertz CT molecular complexity index is 1380. The molecule has 11 nitrogen and oxygen atoms in total. The number of piperidine rings is 1. The predicted octanol–water partition coefficient (Wildman–Crippen LogP) is 1.72. The number of hydrogen-bond acceptors (Lipinski definition) is 9. The lowest BCUT2D eigenvalue weighted by molar-refractivity contribution is -0.149. The fraction of sp³-hybridized carbons (Fsp3) is 0.273. The maximum Gasteiger partial charge on any atom is 0.262 e. The largest absolute Gasteiger partial charge is 0.373 e. The summed E-state index contributed by atoms with van der Waals surface area (Å²) in [5.74, 6) is 0.653. The topological polar surface area (TPSA) is 135 Å². The molecule has 2 aliphatic rings. The van der Waals surface area contributed by atoms with Crippen molar-refractivity contribution in [2.24, 2.45) is 13.0 Å². The molecule has 1 saturated heterocycles. The zero-order valence-corrected chi connectivity index (χ0v) is 17.9. The van der Waals surface area contributed by atoms with Crippen LogP contribution in [0.2, 0.25) is 0 Å². The van der Waals surface area contributed by atoms with Crippen molar-refractivity contribution in [2.45, 2.75) is 18.1 Å². The van der Waals surface area contributed by atoms with Crippen molar-refractivity contribution in [3.63, 3.8) is 0 Å². The van der Waals surface area contributed by atoms with Crippen molar-refractivity contribution in [1.82, 2.24) is 34.8 Å². The fourth-order valence-electron chi connectivity index (χ4n) is 4.38. The molecule has 6 rings (SSSR count). The van der Waals surface area contributed by atoms with Gasteiger partial charge in [0, 0.05) is 50.6 Å². The lowest BCUT2D eigenvalue weighted by Gasteiger charge is -2.21. The summed E-state index contributed by atoms with van der Waals surface area (Å²) in [4.78, 5) is 27.6. The number of aryl methyl sites for hydroxylation is 1. The number of anilines is 2. The van der Waals surface area contributed by atoms with Gasteiger partial charge in [0.2, 0.25) is 11.5 Å². The number of pyridine rings is 1. The SMILES string of the molecule is CN1C(=O)[C@](O)(c2cc(-c3cccc(-c4ccnc(Nc5ccn(C)n5)n4)n3)no2)[C@H]2C[C@H]21. The number of amides is 1. The molecule has 33 heavy (non-hydrogen) atoms. The first kappa shape index (κ1) is 19.6. The molecule has 166 valence electrons. The van der Waals surface area contributed by atoms with Crippen LogP contribution in [0.5, 0.6) is 0 Å². The van der Waals surface area contributed by atoms with E-state index in [1.54, 1.807) is 41.0 Å². The molecule has 0 aromatic carbocycles. The van der Waals surface area contributed by atoms with Gasteiger partial charge < -0.3 is 19.8 Å². The van der Waals surface area contributed by atoms with Gasteiger partial charge in [0.15, 0.2) is 11.6 Å². The molecule has 1 aliphatic carbocycles. The van der Waals surface area contributed by atoms with Crippen molar-refractivity contribution in [2.75, 3.05) is 12.4 Å². The second-order valence-electron chi connectivity index (χ2n) is 8.34. The predicted molar refractivity (Wildman–Crippen MR) is 116 cm³/mol. The molecule has 0 radical (unpaired) electrons. The first-order valence-corrected chi connectivity index (χ1v) is 10.5. The van der Waals surface area contributed by atoms with Crippen LogP contribution >= 0.6 is 0 Å². The standard InChI is InChI=1S/C22H20N8O3/c1-29-9-7-19(27-29)26-21-23-8-6-15(25-21)13-4-3-5-14(24-13)16-11-18(33-28-16)22(32)12-10-17(12)30(2)20(22)31/h3-9,11-12,17,32H,10H2,1-2H3,(H,23,25,26,27)/t12-,17+,22+/m0/s1. The summed E-state index contributed by atoms with van der Waals surface area (Å²) >= 11 is 0. The molecule has 4 aromatic rings. The van der Waals surface area contributed by atoms with Gasteiger partial charge in [-0.15, -0.1) is 0 Å². The highest BCUT2D eigenvalue weighted by Gasteiger charge is 2.68. The Hall–Kier alpha value is -4.12. The summed E-state index contributed by atoms with van der Waals surface area (Å²) < 4.78 is 7.10. The molecule has 0 bridgehead atoms. The molecule has 5 heterocycles. The molecule has 0 spiro atoms. The summed E-state index contributed by atoms with van der Waals surface area (Å²) in [6.07, 6.45) is 4.21. The Labute approximate surface area is 188 Å². The van der Waals surface area contributed by atoms with E-state index in [4.69, 9.17) is 4.52 Å². The molecule has 2 N–H and O–H groups in total. The number of likely N-dealkylation sites (N-methyl/N-ethyl adjacent to an activating group) is 1. The number of fused-ring (bicyclic) bond motifs is 1. The number of aliphatic hydroxyl groups is 1. The highest BCUT2D eigenvalue weighted by atomic mass is 16.5. The van der Waals surface area contributed by atoms with Crippen LogP contribution in [0.1, 0.15) is 12.2 Å². The Kier molecular flexibility index (Phi) is 4.11. The molecular weight excluding hydrogens is 424 g/mol. The van der Waals surface area contributed by atoms with E-state index in [1.807, 2.05) is 31.4 Å². The van der Waals surface area contributed by atoms with Crippen LogP contribution in [0, 0.1) is 5.92 Å². The number of aromatic nitrogens is 6. The molecule has 0 unspecified atom stereocenters. The maximum atomic E-state index is 12.6. The lowest BCUT2D eigenvalue weighted by atomic mass is 9.95. The molecule has 3 atom stereocenters. The van der Waals surface area contributed by atoms with E-state index < -0.39 is 5.60 Å². The van der Waals surface area contributed by atoms with Gasteiger partial charge in [-0.25, -0.2) is 15.0 Å². The number of rotatable bonds is 5. The van der Waals surface area contributed by atoms with Gasteiger partial charge in [-0.3, -0.25) is 9.48 Å². The van der Waals surface area contributed by atoms with Crippen LogP contribution in [0.15, 0.2) is 53.3 Å². The van der Waals surface area contributed by atoms with Crippen LogP contribution in [0.25, 0.3) is 22.8 Å². The number of likely N-dealkylation sites (tertiary alicyclic amines) is 1. The average molecular weight is 444 g/mol. The van der Waals surface area contributed by atoms with Crippen LogP contribution in [-0.4, -0.2) is 58.9 Å². The quantitative estimate of drug-likeness (QED) is 0.472. The van der Waals surface area contributed by atoms with Crippen LogP contribution in [0.4, 0.5) is 11.8 Å². The molecule has 1 saturated carbocycles. The first-order chi connectivity index (χ1) is 15.9. The fourth-order valence-corrected chi connectivity index (χ4v) is 4.38. The Morgan fingerprint density at radius 2 is 1.91 bits per heavy atom. The number of nitrogens with one attached hydrogen (secondary N) is 1. The highest BCUT2D eigenvalue weighted by molar-refractivity contribution is 5.90. The molecule has 4 aromatic heterocycles. The van der Waals surface area contributed by atoms with E-state index in [1.165, 1.54) is 0 Å². The van der Waals surface area contributed by atoms with Crippen LogP contribution < -0.4 is 5.32 Å². The van der Waals surface area contributed by atoms with Gasteiger partial charge >= 0.3 is 0 Å².